The van der Waals surface area contributed by atoms with E-state index >= 15 is 0 Å². The molecule has 0 amide bonds. The minimum atomic E-state index is 0.140. The number of hydrogen-bond acceptors (Lipinski definition) is 3. The number of nitrogens with one attached hydrogen (secondary N) is 1. The SMILES string of the molecule is COc1cc(Cl)cc(CNCC=C(C)C)c1O. The van der Waals surface area contributed by atoms with Crippen molar-refractivity contribution in [1.82, 2.24) is 5.32 Å². The fourth-order valence-corrected chi connectivity index (χ4v) is 1.63. The molecule has 0 saturated heterocycles. The van der Waals surface area contributed by atoms with Gasteiger partial charge in [-0.3, -0.25) is 0 Å². The molecule has 0 aromatic heterocycles. The lowest BCUT2D eigenvalue weighted by atomic mass is 10.2. The highest BCUT2D eigenvalue weighted by Gasteiger charge is 2.09. The molecule has 4 heteroatoms. The van der Waals surface area contributed by atoms with E-state index in [-0.39, 0.29) is 5.75 Å². The number of aromatic hydroxyl groups is 1. The Morgan fingerprint density at radius 2 is 2.18 bits per heavy atom. The lowest BCUT2D eigenvalue weighted by Gasteiger charge is -2.10. The minimum Gasteiger partial charge on any atom is -0.504 e. The van der Waals surface area contributed by atoms with Crippen molar-refractivity contribution in [2.45, 2.75) is 20.4 Å². The fraction of sp³-hybridized carbons (Fsp3) is 0.385. The summed E-state index contributed by atoms with van der Waals surface area (Å²) < 4.78 is 5.04. The number of rotatable bonds is 5. The Bertz CT molecular complexity index is 412. The van der Waals surface area contributed by atoms with Crippen LogP contribution in [-0.2, 0) is 6.54 Å². The van der Waals surface area contributed by atoms with Crippen LogP contribution >= 0.6 is 11.6 Å². The number of phenolic OH excluding ortho intramolecular Hbond substituents is 1. The number of hydrogen-bond donors (Lipinski definition) is 2. The van der Waals surface area contributed by atoms with E-state index in [0.29, 0.717) is 17.3 Å². The van der Waals surface area contributed by atoms with Gasteiger partial charge in [-0.25, -0.2) is 0 Å². The monoisotopic (exact) mass is 255 g/mol. The van der Waals surface area contributed by atoms with E-state index in [1.807, 2.05) is 13.8 Å². The third-order valence-corrected chi connectivity index (χ3v) is 2.53. The second-order valence-corrected chi connectivity index (χ2v) is 4.46. The Morgan fingerprint density at radius 3 is 2.76 bits per heavy atom. The molecule has 0 aliphatic heterocycles. The van der Waals surface area contributed by atoms with Crippen LogP contribution in [0.2, 0.25) is 5.02 Å². The van der Waals surface area contributed by atoms with Crippen LogP contribution in [0.3, 0.4) is 0 Å². The third-order valence-electron chi connectivity index (χ3n) is 2.31. The molecule has 1 rings (SSSR count). The molecule has 17 heavy (non-hydrogen) atoms. The van der Waals surface area contributed by atoms with Gasteiger partial charge in [0.2, 0.25) is 0 Å². The summed E-state index contributed by atoms with van der Waals surface area (Å²) in [5, 5.41) is 13.6. The maximum Gasteiger partial charge on any atom is 0.162 e. The number of allylic oxidation sites excluding steroid dienone is 1. The van der Waals surface area contributed by atoms with Gasteiger partial charge in [0.05, 0.1) is 7.11 Å². The van der Waals surface area contributed by atoms with Crippen molar-refractivity contribution in [3.05, 3.63) is 34.4 Å². The molecule has 0 radical (unpaired) electrons. The van der Waals surface area contributed by atoms with Gasteiger partial charge in [-0.1, -0.05) is 23.3 Å². The van der Waals surface area contributed by atoms with Crippen molar-refractivity contribution in [3.63, 3.8) is 0 Å². The second kappa shape index (κ2) is 6.52. The quantitative estimate of drug-likeness (QED) is 0.628. The number of benzene rings is 1. The number of methoxy groups -OCH3 is 1. The van der Waals surface area contributed by atoms with Gasteiger partial charge in [0.25, 0.3) is 0 Å². The fourth-order valence-electron chi connectivity index (χ4n) is 1.40. The Kier molecular flexibility index (Phi) is 5.32. The van der Waals surface area contributed by atoms with Crippen LogP contribution in [0.5, 0.6) is 11.5 Å². The molecule has 0 atom stereocenters. The third kappa shape index (κ3) is 4.29. The van der Waals surface area contributed by atoms with Crippen LogP contribution in [-0.4, -0.2) is 18.8 Å². The summed E-state index contributed by atoms with van der Waals surface area (Å²) in [5.74, 6) is 0.540. The zero-order valence-corrected chi connectivity index (χ0v) is 11.1. The largest absolute Gasteiger partial charge is 0.504 e. The molecule has 0 aliphatic carbocycles. The Morgan fingerprint density at radius 1 is 1.47 bits per heavy atom. The summed E-state index contributed by atoms with van der Waals surface area (Å²) >= 11 is 5.93. The van der Waals surface area contributed by atoms with Gasteiger partial charge in [0.1, 0.15) is 0 Å². The molecular weight excluding hydrogens is 238 g/mol. The van der Waals surface area contributed by atoms with Crippen LogP contribution in [0.4, 0.5) is 0 Å². The molecule has 0 fully saturated rings. The highest BCUT2D eigenvalue weighted by molar-refractivity contribution is 6.30. The molecule has 3 nitrogen and oxygen atoms in total. The van der Waals surface area contributed by atoms with Gasteiger partial charge in [-0.05, 0) is 19.9 Å². The first-order valence-corrected chi connectivity index (χ1v) is 5.82. The molecule has 0 aliphatic rings. The number of halogens is 1. The molecule has 0 heterocycles. The van der Waals surface area contributed by atoms with Gasteiger partial charge in [0.15, 0.2) is 11.5 Å². The lowest BCUT2D eigenvalue weighted by Crippen LogP contribution is -2.13. The van der Waals surface area contributed by atoms with Crippen LogP contribution in [0.25, 0.3) is 0 Å². The average molecular weight is 256 g/mol. The predicted octanol–water partition coefficient (Wildman–Crippen LogP) is 3.11. The van der Waals surface area contributed by atoms with E-state index in [1.54, 1.807) is 12.1 Å². The van der Waals surface area contributed by atoms with Crippen LogP contribution < -0.4 is 10.1 Å². The summed E-state index contributed by atoms with van der Waals surface area (Å²) in [5.41, 5.74) is 1.99. The average Bonchev–Trinajstić information content (AvgIpc) is 2.28. The summed E-state index contributed by atoms with van der Waals surface area (Å²) in [7, 11) is 1.51. The first-order valence-electron chi connectivity index (χ1n) is 5.44. The van der Waals surface area contributed by atoms with Crippen molar-refractivity contribution in [2.24, 2.45) is 0 Å². The van der Waals surface area contributed by atoms with Gasteiger partial charge in [0, 0.05) is 29.7 Å². The highest BCUT2D eigenvalue weighted by atomic mass is 35.5. The maximum absolute atomic E-state index is 9.88. The zero-order chi connectivity index (χ0) is 12.8. The first-order chi connectivity index (χ1) is 8.04. The van der Waals surface area contributed by atoms with Crippen LogP contribution in [0.15, 0.2) is 23.8 Å². The molecular formula is C13H18ClNO2. The molecule has 0 bridgehead atoms. The van der Waals surface area contributed by atoms with Crippen LogP contribution in [0, 0.1) is 0 Å². The molecule has 2 N–H and O–H groups in total. The van der Waals surface area contributed by atoms with Gasteiger partial charge >= 0.3 is 0 Å². The molecule has 0 saturated carbocycles. The van der Waals surface area contributed by atoms with Gasteiger partial charge in [-0.2, -0.15) is 0 Å². The van der Waals surface area contributed by atoms with E-state index in [4.69, 9.17) is 16.3 Å². The Balaban J connectivity index is 2.70. The normalized spacial score (nSPS) is 10.1. The van der Waals surface area contributed by atoms with Gasteiger partial charge < -0.3 is 15.2 Å². The Labute approximate surface area is 107 Å². The smallest absolute Gasteiger partial charge is 0.162 e. The molecule has 1 aromatic carbocycles. The minimum absolute atomic E-state index is 0.140. The van der Waals surface area contributed by atoms with E-state index in [9.17, 15) is 5.11 Å². The topological polar surface area (TPSA) is 41.5 Å². The predicted molar refractivity (Wildman–Crippen MR) is 70.8 cm³/mol. The highest BCUT2D eigenvalue weighted by Crippen LogP contribution is 2.33. The molecule has 0 unspecified atom stereocenters. The standard InChI is InChI=1S/C13H18ClNO2/c1-9(2)4-5-15-8-10-6-11(14)7-12(17-3)13(10)16/h4,6-7,15-16H,5,8H2,1-3H3. The van der Waals surface area contributed by atoms with E-state index in [0.717, 1.165) is 12.1 Å². The van der Waals surface area contributed by atoms with Crippen molar-refractivity contribution in [1.29, 1.82) is 0 Å². The number of phenols is 1. The number of ether oxygens (including phenoxy) is 1. The van der Waals surface area contributed by atoms with E-state index in [1.165, 1.54) is 12.7 Å². The van der Waals surface area contributed by atoms with Gasteiger partial charge in [-0.15, -0.1) is 0 Å². The van der Waals surface area contributed by atoms with Crippen molar-refractivity contribution < 1.29 is 9.84 Å². The summed E-state index contributed by atoms with van der Waals surface area (Å²) in [6.07, 6.45) is 2.08. The molecule has 0 spiro atoms. The van der Waals surface area contributed by atoms with Crippen molar-refractivity contribution >= 4 is 11.6 Å². The zero-order valence-electron chi connectivity index (χ0n) is 10.4. The lowest BCUT2D eigenvalue weighted by molar-refractivity contribution is 0.370. The molecule has 94 valence electrons. The van der Waals surface area contributed by atoms with Crippen molar-refractivity contribution in [3.8, 4) is 11.5 Å². The summed E-state index contributed by atoms with van der Waals surface area (Å²) in [4.78, 5) is 0. The molecule has 1 aromatic rings. The van der Waals surface area contributed by atoms with E-state index in [2.05, 4.69) is 11.4 Å². The first kappa shape index (κ1) is 13.9. The van der Waals surface area contributed by atoms with Crippen LogP contribution in [0.1, 0.15) is 19.4 Å². The van der Waals surface area contributed by atoms with Crippen molar-refractivity contribution in [2.75, 3.05) is 13.7 Å². The summed E-state index contributed by atoms with van der Waals surface area (Å²) in [6, 6.07) is 3.32. The Hall–Kier alpha value is -1.19. The van der Waals surface area contributed by atoms with E-state index < -0.39 is 0 Å². The second-order valence-electron chi connectivity index (χ2n) is 4.03. The maximum atomic E-state index is 9.88. The summed E-state index contributed by atoms with van der Waals surface area (Å²) in [6.45, 7) is 5.40.